The van der Waals surface area contributed by atoms with E-state index < -0.39 is 5.54 Å². The minimum atomic E-state index is -0.402. The highest BCUT2D eigenvalue weighted by molar-refractivity contribution is 5.79. The zero-order valence-electron chi connectivity index (χ0n) is 23.4. The summed E-state index contributed by atoms with van der Waals surface area (Å²) in [6.07, 6.45) is 3.36. The van der Waals surface area contributed by atoms with E-state index in [0.717, 1.165) is 32.2 Å². The van der Waals surface area contributed by atoms with Crippen molar-refractivity contribution in [2.24, 2.45) is 0 Å². The van der Waals surface area contributed by atoms with Crippen LogP contribution in [0, 0.1) is 12.7 Å². The predicted octanol–water partition coefficient (Wildman–Crippen LogP) is 6.84. The molecule has 2 aliphatic rings. The lowest BCUT2D eigenvalue weighted by Crippen LogP contribution is -2.55. The van der Waals surface area contributed by atoms with E-state index in [1.54, 1.807) is 12.1 Å². The molecule has 0 bridgehead atoms. The van der Waals surface area contributed by atoms with Gasteiger partial charge in [0.2, 0.25) is 5.91 Å². The van der Waals surface area contributed by atoms with Gasteiger partial charge in [-0.1, -0.05) is 103 Å². The van der Waals surface area contributed by atoms with Gasteiger partial charge in [-0.15, -0.1) is 0 Å². The molecule has 0 spiro atoms. The quantitative estimate of drug-likeness (QED) is 0.260. The first-order chi connectivity index (χ1) is 19.5. The number of aryl methyl sites for hydroxylation is 1. The standard InChI is InChI=1S/C36H37FN2O/c1-3-36(31-18-16-26(2)17-19-31)33-14-8-6-10-27(33)20-21-38(36)25-35(40)39(24-30-13-7-9-15-34(30)37)32-22-28-11-4-5-12-29(28)23-32/h4-19,32H,3,20-25H2,1-2H3. The smallest absolute Gasteiger partial charge is 0.237 e. The molecular weight excluding hydrogens is 495 g/mol. The molecule has 1 atom stereocenters. The molecule has 1 amide bonds. The molecule has 3 nitrogen and oxygen atoms in total. The van der Waals surface area contributed by atoms with Crippen molar-refractivity contribution >= 4 is 5.91 Å². The van der Waals surface area contributed by atoms with Gasteiger partial charge in [0.25, 0.3) is 0 Å². The zero-order chi connectivity index (χ0) is 27.7. The van der Waals surface area contributed by atoms with E-state index >= 15 is 0 Å². The second-order valence-electron chi connectivity index (χ2n) is 11.4. The van der Waals surface area contributed by atoms with E-state index in [2.05, 4.69) is 91.5 Å². The maximum atomic E-state index is 14.9. The number of carbonyl (C=O) groups is 1. The molecule has 0 N–H and O–H groups in total. The second-order valence-corrected chi connectivity index (χ2v) is 11.4. The molecule has 0 fully saturated rings. The van der Waals surface area contributed by atoms with Crippen molar-refractivity contribution < 1.29 is 9.18 Å². The number of nitrogens with zero attached hydrogens (tertiary/aromatic N) is 2. The summed E-state index contributed by atoms with van der Waals surface area (Å²) in [6, 6.07) is 32.8. The summed E-state index contributed by atoms with van der Waals surface area (Å²) in [6.45, 7) is 5.70. The Morgan fingerprint density at radius 2 is 1.50 bits per heavy atom. The lowest BCUT2D eigenvalue weighted by atomic mass is 9.73. The van der Waals surface area contributed by atoms with Gasteiger partial charge in [-0.05, 0) is 66.5 Å². The molecule has 0 radical (unpaired) electrons. The maximum absolute atomic E-state index is 14.9. The van der Waals surface area contributed by atoms with Crippen molar-refractivity contribution in [3.05, 3.63) is 142 Å². The minimum Gasteiger partial charge on any atom is -0.333 e. The summed E-state index contributed by atoms with van der Waals surface area (Å²) in [5.74, 6) is -0.198. The number of hydrogen-bond donors (Lipinski definition) is 0. The van der Waals surface area contributed by atoms with Crippen LogP contribution in [0.25, 0.3) is 0 Å². The van der Waals surface area contributed by atoms with Crippen LogP contribution in [0.1, 0.15) is 52.3 Å². The van der Waals surface area contributed by atoms with E-state index in [4.69, 9.17) is 0 Å². The second kappa shape index (κ2) is 11.0. The fourth-order valence-electron chi connectivity index (χ4n) is 7.00. The average Bonchev–Trinajstić information content (AvgIpc) is 3.41. The third-order valence-electron chi connectivity index (χ3n) is 9.11. The van der Waals surface area contributed by atoms with Crippen LogP contribution in [0.2, 0.25) is 0 Å². The van der Waals surface area contributed by atoms with E-state index in [9.17, 15) is 9.18 Å². The zero-order valence-corrected chi connectivity index (χ0v) is 23.4. The SMILES string of the molecule is CCC1(c2ccc(C)cc2)c2ccccc2CCN1CC(=O)N(Cc1ccccc1F)C1Cc2ccccc2C1. The van der Waals surface area contributed by atoms with Crippen molar-refractivity contribution in [2.45, 2.75) is 57.7 Å². The van der Waals surface area contributed by atoms with Crippen LogP contribution in [0.4, 0.5) is 4.39 Å². The van der Waals surface area contributed by atoms with Crippen molar-refractivity contribution in [1.82, 2.24) is 9.80 Å². The molecule has 0 saturated heterocycles. The Hall–Kier alpha value is -3.76. The third kappa shape index (κ3) is 4.75. The Labute approximate surface area is 237 Å². The molecule has 6 rings (SSSR count). The largest absolute Gasteiger partial charge is 0.333 e. The van der Waals surface area contributed by atoms with Gasteiger partial charge in [-0.25, -0.2) is 4.39 Å². The van der Waals surface area contributed by atoms with E-state index in [1.807, 2.05) is 11.0 Å². The number of benzene rings is 4. The molecule has 4 aromatic carbocycles. The lowest BCUT2D eigenvalue weighted by Gasteiger charge is -2.49. The van der Waals surface area contributed by atoms with Crippen LogP contribution in [0.5, 0.6) is 0 Å². The Morgan fingerprint density at radius 1 is 0.875 bits per heavy atom. The van der Waals surface area contributed by atoms with Gasteiger partial charge in [0.1, 0.15) is 5.82 Å². The number of rotatable bonds is 7. The van der Waals surface area contributed by atoms with Crippen molar-refractivity contribution in [3.63, 3.8) is 0 Å². The van der Waals surface area contributed by atoms with E-state index in [-0.39, 0.29) is 30.9 Å². The van der Waals surface area contributed by atoms with Gasteiger partial charge in [0.05, 0.1) is 12.1 Å². The normalized spacial score (nSPS) is 18.8. The van der Waals surface area contributed by atoms with Crippen LogP contribution in [-0.4, -0.2) is 34.8 Å². The predicted molar refractivity (Wildman–Crippen MR) is 159 cm³/mol. The Balaban J connectivity index is 1.37. The molecule has 1 unspecified atom stereocenters. The van der Waals surface area contributed by atoms with Crippen LogP contribution >= 0.6 is 0 Å². The average molecular weight is 533 g/mol. The molecule has 204 valence electrons. The van der Waals surface area contributed by atoms with Crippen LogP contribution in [0.15, 0.2) is 97.1 Å². The van der Waals surface area contributed by atoms with Crippen LogP contribution in [-0.2, 0) is 36.1 Å². The molecule has 4 aromatic rings. The first-order valence-electron chi connectivity index (χ1n) is 14.5. The van der Waals surface area contributed by atoms with Gasteiger partial charge in [-0.3, -0.25) is 9.69 Å². The van der Waals surface area contributed by atoms with Gasteiger partial charge in [0, 0.05) is 24.7 Å². The van der Waals surface area contributed by atoms with E-state index in [1.165, 1.54) is 39.4 Å². The number of halogens is 1. The Kier molecular flexibility index (Phi) is 7.29. The molecule has 1 aliphatic heterocycles. The van der Waals surface area contributed by atoms with Crippen LogP contribution in [0.3, 0.4) is 0 Å². The van der Waals surface area contributed by atoms with Gasteiger partial charge in [-0.2, -0.15) is 0 Å². The summed E-state index contributed by atoms with van der Waals surface area (Å²) >= 11 is 0. The molecule has 1 aliphatic carbocycles. The molecule has 1 heterocycles. The summed E-state index contributed by atoms with van der Waals surface area (Å²) in [7, 11) is 0. The highest BCUT2D eigenvalue weighted by Gasteiger charge is 2.44. The molecule has 40 heavy (non-hydrogen) atoms. The molecule has 0 aromatic heterocycles. The highest BCUT2D eigenvalue weighted by Crippen LogP contribution is 2.44. The fourth-order valence-corrected chi connectivity index (χ4v) is 7.00. The van der Waals surface area contributed by atoms with E-state index in [0.29, 0.717) is 5.56 Å². The minimum absolute atomic E-state index is 0.0111. The summed E-state index contributed by atoms with van der Waals surface area (Å²) in [5, 5.41) is 0. The number of carbonyl (C=O) groups excluding carboxylic acids is 1. The lowest BCUT2D eigenvalue weighted by molar-refractivity contribution is -0.137. The van der Waals surface area contributed by atoms with Crippen molar-refractivity contribution in [3.8, 4) is 0 Å². The van der Waals surface area contributed by atoms with Crippen LogP contribution < -0.4 is 0 Å². The Morgan fingerprint density at radius 3 is 2.17 bits per heavy atom. The number of fused-ring (bicyclic) bond motifs is 2. The number of amides is 1. The first kappa shape index (κ1) is 26.5. The summed E-state index contributed by atoms with van der Waals surface area (Å²) in [5.41, 5.74) is 7.81. The monoisotopic (exact) mass is 532 g/mol. The number of hydrogen-bond acceptors (Lipinski definition) is 2. The highest BCUT2D eigenvalue weighted by atomic mass is 19.1. The van der Waals surface area contributed by atoms with Crippen molar-refractivity contribution in [2.75, 3.05) is 13.1 Å². The molecular formula is C36H37FN2O. The van der Waals surface area contributed by atoms with Crippen molar-refractivity contribution in [1.29, 1.82) is 0 Å². The third-order valence-corrected chi connectivity index (χ3v) is 9.11. The molecule has 4 heteroatoms. The van der Waals surface area contributed by atoms with Gasteiger partial charge >= 0.3 is 0 Å². The first-order valence-corrected chi connectivity index (χ1v) is 14.5. The summed E-state index contributed by atoms with van der Waals surface area (Å²) < 4.78 is 14.9. The van der Waals surface area contributed by atoms with Gasteiger partial charge < -0.3 is 4.90 Å². The summed E-state index contributed by atoms with van der Waals surface area (Å²) in [4.78, 5) is 18.8. The fraction of sp³-hybridized carbons (Fsp3) is 0.306. The maximum Gasteiger partial charge on any atom is 0.237 e. The topological polar surface area (TPSA) is 23.6 Å². The molecule has 0 saturated carbocycles. The van der Waals surface area contributed by atoms with Gasteiger partial charge in [0.15, 0.2) is 0 Å². The Bertz CT molecular complexity index is 1490.